The molecule has 0 aromatic heterocycles. The molecule has 0 aliphatic carbocycles. The molecule has 0 bridgehead atoms. The van der Waals surface area contributed by atoms with Crippen molar-refractivity contribution in [3.63, 3.8) is 0 Å². The summed E-state index contributed by atoms with van der Waals surface area (Å²) in [4.78, 5) is 28.5. The lowest BCUT2D eigenvalue weighted by molar-refractivity contribution is -0.113. The van der Waals surface area contributed by atoms with E-state index in [1.54, 1.807) is 6.07 Å². The van der Waals surface area contributed by atoms with E-state index in [9.17, 15) is 9.59 Å². The number of benzene rings is 2. The molecule has 4 rings (SSSR count). The van der Waals surface area contributed by atoms with Gasteiger partial charge in [0.25, 0.3) is 5.91 Å². The summed E-state index contributed by atoms with van der Waals surface area (Å²) < 4.78 is 11.1. The maximum atomic E-state index is 13.1. The molecule has 0 radical (unpaired) electrons. The molecular formula is C25H30N2O4S. The van der Waals surface area contributed by atoms with Crippen LogP contribution in [-0.4, -0.2) is 48.8 Å². The second-order valence-corrected chi connectivity index (χ2v) is 9.88. The van der Waals surface area contributed by atoms with Gasteiger partial charge in [-0.05, 0) is 61.1 Å². The molecular weight excluding hydrogens is 424 g/mol. The lowest BCUT2D eigenvalue weighted by Crippen LogP contribution is -2.42. The quantitative estimate of drug-likeness (QED) is 0.668. The third-order valence-corrected chi connectivity index (χ3v) is 6.79. The molecule has 2 aromatic carbocycles. The molecule has 6 nitrogen and oxygen atoms in total. The Morgan fingerprint density at radius 3 is 2.50 bits per heavy atom. The van der Waals surface area contributed by atoms with Crippen LogP contribution in [0.15, 0.2) is 41.3 Å². The van der Waals surface area contributed by atoms with Crippen molar-refractivity contribution < 1.29 is 19.1 Å². The van der Waals surface area contributed by atoms with Gasteiger partial charge in [0.2, 0.25) is 5.91 Å². The van der Waals surface area contributed by atoms with Crippen LogP contribution in [0.2, 0.25) is 0 Å². The highest BCUT2D eigenvalue weighted by Crippen LogP contribution is 2.34. The predicted molar refractivity (Wildman–Crippen MR) is 127 cm³/mol. The van der Waals surface area contributed by atoms with Crippen molar-refractivity contribution in [2.75, 3.05) is 37.4 Å². The first-order valence-corrected chi connectivity index (χ1v) is 12.1. The Hall–Kier alpha value is -2.67. The van der Waals surface area contributed by atoms with Gasteiger partial charge in [-0.3, -0.25) is 9.59 Å². The third-order valence-electron chi connectivity index (χ3n) is 5.80. The van der Waals surface area contributed by atoms with E-state index in [0.29, 0.717) is 42.0 Å². The van der Waals surface area contributed by atoms with Crippen LogP contribution in [0.4, 0.5) is 5.69 Å². The lowest BCUT2D eigenvalue weighted by Gasteiger charge is -2.35. The Balaban J connectivity index is 1.38. The summed E-state index contributed by atoms with van der Waals surface area (Å²) in [5.74, 6) is 2.64. The van der Waals surface area contributed by atoms with Crippen molar-refractivity contribution in [2.45, 2.75) is 32.1 Å². The zero-order valence-corrected chi connectivity index (χ0v) is 19.7. The fourth-order valence-corrected chi connectivity index (χ4v) is 5.07. The topological polar surface area (TPSA) is 67.9 Å². The van der Waals surface area contributed by atoms with Crippen LogP contribution in [0.1, 0.15) is 36.2 Å². The normalized spacial score (nSPS) is 20.0. The highest BCUT2D eigenvalue weighted by atomic mass is 32.2. The summed E-state index contributed by atoms with van der Waals surface area (Å²) in [5, 5.41) is 2.97. The number of amides is 2. The Morgan fingerprint density at radius 1 is 1.03 bits per heavy atom. The van der Waals surface area contributed by atoms with Gasteiger partial charge in [-0.15, -0.1) is 11.8 Å². The summed E-state index contributed by atoms with van der Waals surface area (Å²) in [5.41, 5.74) is 2.23. The van der Waals surface area contributed by atoms with Crippen LogP contribution < -0.4 is 14.8 Å². The molecule has 7 heteroatoms. The first-order chi connectivity index (χ1) is 15.4. The minimum atomic E-state index is -0.113. The first kappa shape index (κ1) is 22.5. The fourth-order valence-electron chi connectivity index (χ4n) is 4.35. The number of hydrogen-bond acceptors (Lipinski definition) is 5. The number of ether oxygens (including phenoxy) is 2. The summed E-state index contributed by atoms with van der Waals surface area (Å²) in [6.45, 7) is 8.97. The van der Waals surface area contributed by atoms with Gasteiger partial charge < -0.3 is 19.7 Å². The third kappa shape index (κ3) is 5.38. The Morgan fingerprint density at radius 2 is 1.75 bits per heavy atom. The minimum Gasteiger partial charge on any atom is -0.486 e. The lowest BCUT2D eigenvalue weighted by atomic mass is 9.91. The monoisotopic (exact) mass is 454 g/mol. The van der Waals surface area contributed by atoms with Crippen molar-refractivity contribution >= 4 is 29.3 Å². The fraction of sp³-hybridized carbons (Fsp3) is 0.440. The van der Waals surface area contributed by atoms with E-state index in [1.807, 2.05) is 42.2 Å². The van der Waals surface area contributed by atoms with Gasteiger partial charge in [-0.1, -0.05) is 19.9 Å². The zero-order chi connectivity index (χ0) is 22.7. The number of likely N-dealkylation sites (tertiary alicyclic amines) is 1. The number of nitrogens with zero attached hydrogens (tertiary/aromatic N) is 1. The molecule has 32 heavy (non-hydrogen) atoms. The van der Waals surface area contributed by atoms with E-state index in [1.165, 1.54) is 11.8 Å². The van der Waals surface area contributed by atoms with Gasteiger partial charge in [-0.2, -0.15) is 0 Å². The maximum Gasteiger partial charge on any atom is 0.253 e. The van der Waals surface area contributed by atoms with Gasteiger partial charge in [0.15, 0.2) is 11.5 Å². The predicted octanol–water partition coefficient (Wildman–Crippen LogP) is 4.62. The molecule has 2 aliphatic heterocycles. The minimum absolute atomic E-state index is 0.0320. The first-order valence-electron chi connectivity index (χ1n) is 11.1. The number of rotatable bonds is 5. The van der Waals surface area contributed by atoms with Crippen LogP contribution in [0, 0.1) is 18.8 Å². The average Bonchev–Trinajstić information content (AvgIpc) is 2.78. The Kier molecular flexibility index (Phi) is 6.94. The number of carbonyl (C=O) groups is 2. The highest BCUT2D eigenvalue weighted by molar-refractivity contribution is 8.00. The van der Waals surface area contributed by atoms with E-state index in [0.717, 1.165) is 35.7 Å². The molecule has 1 N–H and O–H groups in total. The van der Waals surface area contributed by atoms with E-state index >= 15 is 0 Å². The van der Waals surface area contributed by atoms with Gasteiger partial charge in [-0.25, -0.2) is 0 Å². The summed E-state index contributed by atoms with van der Waals surface area (Å²) >= 11 is 1.44. The van der Waals surface area contributed by atoms with Crippen LogP contribution in [0.5, 0.6) is 11.5 Å². The molecule has 0 saturated carbocycles. The summed E-state index contributed by atoms with van der Waals surface area (Å²) in [6, 6.07) is 11.2. The van der Waals surface area contributed by atoms with Crippen molar-refractivity contribution in [1.29, 1.82) is 0 Å². The van der Waals surface area contributed by atoms with E-state index in [4.69, 9.17) is 9.47 Å². The van der Waals surface area contributed by atoms with Gasteiger partial charge >= 0.3 is 0 Å². The van der Waals surface area contributed by atoms with E-state index in [-0.39, 0.29) is 17.6 Å². The maximum absolute atomic E-state index is 13.1. The van der Waals surface area contributed by atoms with Crippen molar-refractivity contribution in [3.8, 4) is 11.5 Å². The van der Waals surface area contributed by atoms with Crippen LogP contribution in [0.3, 0.4) is 0 Å². The van der Waals surface area contributed by atoms with Gasteiger partial charge in [0.1, 0.15) is 13.2 Å². The van der Waals surface area contributed by atoms with Gasteiger partial charge in [0.05, 0.1) is 5.75 Å². The Bertz CT molecular complexity index is 999. The number of piperidine rings is 1. The van der Waals surface area contributed by atoms with Crippen LogP contribution >= 0.6 is 11.8 Å². The zero-order valence-electron chi connectivity index (χ0n) is 18.8. The molecule has 2 unspecified atom stereocenters. The van der Waals surface area contributed by atoms with Crippen LogP contribution in [0.25, 0.3) is 0 Å². The second-order valence-electron chi connectivity index (χ2n) is 8.83. The van der Waals surface area contributed by atoms with Crippen molar-refractivity contribution in [1.82, 2.24) is 4.90 Å². The average molecular weight is 455 g/mol. The molecule has 2 heterocycles. The van der Waals surface area contributed by atoms with E-state index < -0.39 is 0 Å². The largest absolute Gasteiger partial charge is 0.486 e. The molecule has 0 spiro atoms. The highest BCUT2D eigenvalue weighted by Gasteiger charge is 2.26. The van der Waals surface area contributed by atoms with E-state index in [2.05, 4.69) is 19.2 Å². The molecule has 2 amide bonds. The number of fused-ring (bicyclic) bond motifs is 1. The number of hydrogen-bond donors (Lipinski definition) is 1. The molecule has 2 aromatic rings. The molecule has 2 aliphatic rings. The smallest absolute Gasteiger partial charge is 0.253 e. The molecule has 1 fully saturated rings. The second kappa shape index (κ2) is 9.86. The number of nitrogens with one attached hydrogen (secondary N) is 1. The van der Waals surface area contributed by atoms with Crippen molar-refractivity contribution in [3.05, 3.63) is 47.5 Å². The summed E-state index contributed by atoms with van der Waals surface area (Å²) in [7, 11) is 0. The van der Waals surface area contributed by atoms with Gasteiger partial charge in [0, 0.05) is 29.2 Å². The SMILES string of the molecule is Cc1ccc(C(=O)N2CC(C)CC(C)C2)cc1NC(=O)CSc1ccc2c(c1)OCCO2. The molecule has 1 saturated heterocycles. The number of aryl methyl sites for hydroxylation is 1. The molecule has 2 atom stereocenters. The summed E-state index contributed by atoms with van der Waals surface area (Å²) in [6.07, 6.45) is 1.15. The number of carbonyl (C=O) groups excluding carboxylic acids is 2. The number of anilines is 1. The Labute approximate surface area is 193 Å². The molecule has 170 valence electrons. The van der Waals surface area contributed by atoms with Crippen LogP contribution in [-0.2, 0) is 4.79 Å². The number of thioether (sulfide) groups is 1. The van der Waals surface area contributed by atoms with Crippen molar-refractivity contribution in [2.24, 2.45) is 11.8 Å². The standard InChI is InChI=1S/C25H30N2O4S/c1-16-10-17(2)14-27(13-16)25(29)19-5-4-18(3)21(11-19)26-24(28)15-32-20-6-7-22-23(12-20)31-9-8-30-22/h4-7,11-12,16-17H,8-10,13-15H2,1-3H3,(H,26,28).